The first-order valence-electron chi connectivity index (χ1n) is 7.22. The zero-order valence-corrected chi connectivity index (χ0v) is 12.0. The van der Waals surface area contributed by atoms with Gasteiger partial charge in [0.05, 0.1) is 6.10 Å². The Morgan fingerprint density at radius 2 is 2.11 bits per heavy atom. The summed E-state index contributed by atoms with van der Waals surface area (Å²) in [5.74, 6) is 0.418. The number of nitrogens with zero attached hydrogens (tertiary/aromatic N) is 1. The second-order valence-corrected chi connectivity index (χ2v) is 5.67. The van der Waals surface area contributed by atoms with Gasteiger partial charge in [0, 0.05) is 13.7 Å². The van der Waals surface area contributed by atoms with Gasteiger partial charge in [-0.15, -0.1) is 0 Å². The summed E-state index contributed by atoms with van der Waals surface area (Å²) in [7, 11) is 1.63. The van der Waals surface area contributed by atoms with Gasteiger partial charge in [0.1, 0.15) is 12.1 Å². The van der Waals surface area contributed by atoms with Gasteiger partial charge >= 0.3 is 0 Å². The molecule has 5 nitrogen and oxygen atoms in total. The maximum atomic E-state index is 12.5. The zero-order valence-electron chi connectivity index (χ0n) is 12.0. The first-order chi connectivity index (χ1) is 9.08. The van der Waals surface area contributed by atoms with Crippen molar-refractivity contribution < 1.29 is 14.3 Å². The molecule has 0 radical (unpaired) electrons. The summed E-state index contributed by atoms with van der Waals surface area (Å²) in [5.41, 5.74) is 0. The molecule has 0 aromatic rings. The fourth-order valence-corrected chi connectivity index (χ4v) is 2.72. The van der Waals surface area contributed by atoms with Crippen molar-refractivity contribution in [1.82, 2.24) is 10.2 Å². The highest BCUT2D eigenvalue weighted by Gasteiger charge is 2.47. The normalized spacial score (nSPS) is 29.3. The zero-order chi connectivity index (χ0) is 14.0. The Kier molecular flexibility index (Phi) is 4.45. The Morgan fingerprint density at radius 1 is 1.42 bits per heavy atom. The van der Waals surface area contributed by atoms with Crippen molar-refractivity contribution in [1.29, 1.82) is 0 Å². The molecular formula is C14H24N2O3. The van der Waals surface area contributed by atoms with E-state index in [9.17, 15) is 9.59 Å². The third-order valence-electron chi connectivity index (χ3n) is 4.00. The van der Waals surface area contributed by atoms with E-state index in [0.29, 0.717) is 18.9 Å². The fourth-order valence-electron chi connectivity index (χ4n) is 2.72. The third kappa shape index (κ3) is 3.08. The van der Waals surface area contributed by atoms with E-state index in [1.54, 1.807) is 12.0 Å². The molecule has 3 atom stereocenters. The summed E-state index contributed by atoms with van der Waals surface area (Å²) in [4.78, 5) is 26.5. The molecule has 1 saturated carbocycles. The van der Waals surface area contributed by atoms with Crippen LogP contribution in [0.1, 0.15) is 39.5 Å². The van der Waals surface area contributed by atoms with Crippen molar-refractivity contribution >= 4 is 11.8 Å². The lowest BCUT2D eigenvalue weighted by atomic mass is 10.00. The van der Waals surface area contributed by atoms with E-state index < -0.39 is 0 Å². The van der Waals surface area contributed by atoms with Crippen LogP contribution >= 0.6 is 0 Å². The van der Waals surface area contributed by atoms with E-state index in [1.807, 2.05) is 13.8 Å². The highest BCUT2D eigenvalue weighted by molar-refractivity contribution is 5.97. The molecule has 108 valence electrons. The highest BCUT2D eigenvalue weighted by atomic mass is 16.5. The summed E-state index contributed by atoms with van der Waals surface area (Å²) in [5, 5.41) is 2.89. The highest BCUT2D eigenvalue weighted by Crippen LogP contribution is 2.37. The molecular weight excluding hydrogens is 244 g/mol. The van der Waals surface area contributed by atoms with Crippen LogP contribution in [-0.2, 0) is 14.3 Å². The number of nitrogens with one attached hydrogen (secondary N) is 1. The molecule has 2 rings (SSSR count). The molecule has 2 aliphatic rings. The predicted molar refractivity (Wildman–Crippen MR) is 71.5 cm³/mol. The van der Waals surface area contributed by atoms with E-state index in [2.05, 4.69) is 5.32 Å². The number of hydrogen-bond acceptors (Lipinski definition) is 3. The molecule has 5 heteroatoms. The van der Waals surface area contributed by atoms with Gasteiger partial charge in [-0.1, -0.05) is 13.3 Å². The van der Waals surface area contributed by atoms with Gasteiger partial charge in [-0.2, -0.15) is 0 Å². The third-order valence-corrected chi connectivity index (χ3v) is 4.00. The number of carbonyl (C=O) groups is 2. The molecule has 1 saturated heterocycles. The van der Waals surface area contributed by atoms with E-state index in [4.69, 9.17) is 4.74 Å². The van der Waals surface area contributed by atoms with Gasteiger partial charge in [-0.05, 0) is 32.1 Å². The molecule has 1 N–H and O–H groups in total. The topological polar surface area (TPSA) is 58.6 Å². The molecule has 19 heavy (non-hydrogen) atoms. The molecule has 0 aromatic carbocycles. The van der Waals surface area contributed by atoms with E-state index in [0.717, 1.165) is 19.3 Å². The largest absolute Gasteiger partial charge is 0.380 e. The number of piperazine rings is 1. The SMILES string of the molecule is CCCC1NC(=O)C(C2CC2)N(CC(C)OC)C1=O. The first-order valence-corrected chi connectivity index (χ1v) is 7.22. The number of carbonyl (C=O) groups excluding carboxylic acids is 2. The van der Waals surface area contributed by atoms with Crippen LogP contribution in [0, 0.1) is 5.92 Å². The number of methoxy groups -OCH3 is 1. The van der Waals surface area contributed by atoms with Crippen LogP contribution in [0.25, 0.3) is 0 Å². The minimum absolute atomic E-state index is 0.0175. The quantitative estimate of drug-likeness (QED) is 0.779. The summed E-state index contributed by atoms with van der Waals surface area (Å²) >= 11 is 0. The second kappa shape index (κ2) is 5.90. The summed E-state index contributed by atoms with van der Waals surface area (Å²) in [6, 6.07) is -0.630. The van der Waals surface area contributed by atoms with Crippen LogP contribution in [0.2, 0.25) is 0 Å². The fraction of sp³-hybridized carbons (Fsp3) is 0.857. The standard InChI is InChI=1S/C14H24N2O3/c1-4-5-11-14(18)16(8-9(2)19-3)12(10-6-7-10)13(17)15-11/h9-12H,4-8H2,1-3H3,(H,15,17). The Bertz CT molecular complexity index is 355. The molecule has 0 bridgehead atoms. The Morgan fingerprint density at radius 3 is 2.63 bits per heavy atom. The van der Waals surface area contributed by atoms with Gasteiger partial charge in [0.15, 0.2) is 0 Å². The van der Waals surface area contributed by atoms with Crippen LogP contribution in [0.3, 0.4) is 0 Å². The van der Waals surface area contributed by atoms with E-state index in [1.165, 1.54) is 0 Å². The lowest BCUT2D eigenvalue weighted by Gasteiger charge is -2.40. The van der Waals surface area contributed by atoms with Gasteiger partial charge < -0.3 is 15.0 Å². The van der Waals surface area contributed by atoms with Crippen LogP contribution in [-0.4, -0.2) is 48.6 Å². The summed E-state index contributed by atoms with van der Waals surface area (Å²) in [6.07, 6.45) is 3.64. The molecule has 0 spiro atoms. The summed E-state index contributed by atoms with van der Waals surface area (Å²) in [6.45, 7) is 4.46. The predicted octanol–water partition coefficient (Wildman–Crippen LogP) is 0.927. The molecule has 3 unspecified atom stereocenters. The molecule has 1 heterocycles. The van der Waals surface area contributed by atoms with Gasteiger partial charge in [-0.25, -0.2) is 0 Å². The van der Waals surface area contributed by atoms with Crippen molar-refractivity contribution in [3.63, 3.8) is 0 Å². The van der Waals surface area contributed by atoms with Crippen molar-refractivity contribution in [2.24, 2.45) is 5.92 Å². The number of ether oxygens (including phenoxy) is 1. The minimum Gasteiger partial charge on any atom is -0.380 e. The average molecular weight is 268 g/mol. The number of hydrogen-bond donors (Lipinski definition) is 1. The monoisotopic (exact) mass is 268 g/mol. The van der Waals surface area contributed by atoms with Gasteiger partial charge in [-0.3, -0.25) is 9.59 Å². The van der Waals surface area contributed by atoms with E-state index >= 15 is 0 Å². The summed E-state index contributed by atoms with van der Waals surface area (Å²) < 4.78 is 5.25. The van der Waals surface area contributed by atoms with Crippen molar-refractivity contribution in [2.45, 2.75) is 57.7 Å². The van der Waals surface area contributed by atoms with Crippen LogP contribution in [0.4, 0.5) is 0 Å². The minimum atomic E-state index is -0.350. The molecule has 1 aliphatic heterocycles. The number of rotatable bonds is 6. The Labute approximate surface area is 114 Å². The van der Waals surface area contributed by atoms with Crippen molar-refractivity contribution in [2.75, 3.05) is 13.7 Å². The second-order valence-electron chi connectivity index (χ2n) is 5.67. The maximum Gasteiger partial charge on any atom is 0.245 e. The average Bonchev–Trinajstić information content (AvgIpc) is 3.19. The molecule has 2 amide bonds. The smallest absolute Gasteiger partial charge is 0.245 e. The van der Waals surface area contributed by atoms with Gasteiger partial charge in [0.25, 0.3) is 0 Å². The van der Waals surface area contributed by atoms with Crippen molar-refractivity contribution in [3.05, 3.63) is 0 Å². The Hall–Kier alpha value is -1.10. The van der Waals surface area contributed by atoms with Crippen LogP contribution in [0.15, 0.2) is 0 Å². The van der Waals surface area contributed by atoms with E-state index in [-0.39, 0.29) is 30.0 Å². The Balaban J connectivity index is 2.14. The first kappa shape index (κ1) is 14.3. The lowest BCUT2D eigenvalue weighted by Crippen LogP contribution is -2.65. The van der Waals surface area contributed by atoms with Crippen molar-refractivity contribution in [3.8, 4) is 0 Å². The lowest BCUT2D eigenvalue weighted by molar-refractivity contribution is -0.152. The maximum absolute atomic E-state index is 12.5. The van der Waals surface area contributed by atoms with Crippen LogP contribution in [0.5, 0.6) is 0 Å². The van der Waals surface area contributed by atoms with Crippen LogP contribution < -0.4 is 5.32 Å². The molecule has 1 aliphatic carbocycles. The van der Waals surface area contributed by atoms with Gasteiger partial charge in [0.2, 0.25) is 11.8 Å². The number of amides is 2. The molecule has 2 fully saturated rings. The molecule has 0 aromatic heterocycles.